The molecule has 3 heteroatoms. The molecule has 0 amide bonds. The molecular formula is C13H25N3. The van der Waals surface area contributed by atoms with Crippen molar-refractivity contribution in [3.63, 3.8) is 0 Å². The van der Waals surface area contributed by atoms with Crippen molar-refractivity contribution in [2.45, 2.75) is 46.1 Å². The topological polar surface area (TPSA) is 29.9 Å². The summed E-state index contributed by atoms with van der Waals surface area (Å²) in [4.78, 5) is 4.21. The SMILES string of the molecule is CCCNC(CC(C)CC)c1cncn1C. The third-order valence-electron chi connectivity index (χ3n) is 3.19. The fourth-order valence-corrected chi connectivity index (χ4v) is 1.90. The van der Waals surface area contributed by atoms with Crippen molar-refractivity contribution in [1.29, 1.82) is 0 Å². The normalized spacial score (nSPS) is 15.0. The highest BCUT2D eigenvalue weighted by Crippen LogP contribution is 2.22. The summed E-state index contributed by atoms with van der Waals surface area (Å²) >= 11 is 0. The van der Waals surface area contributed by atoms with Gasteiger partial charge >= 0.3 is 0 Å². The molecule has 0 aliphatic heterocycles. The zero-order valence-corrected chi connectivity index (χ0v) is 11.0. The number of hydrogen-bond acceptors (Lipinski definition) is 2. The first-order valence-electron chi connectivity index (χ1n) is 6.38. The third-order valence-corrected chi connectivity index (χ3v) is 3.19. The minimum absolute atomic E-state index is 0.447. The quantitative estimate of drug-likeness (QED) is 0.770. The molecule has 0 saturated heterocycles. The lowest BCUT2D eigenvalue weighted by molar-refractivity contribution is 0.390. The van der Waals surface area contributed by atoms with Crippen molar-refractivity contribution < 1.29 is 0 Å². The minimum atomic E-state index is 0.447. The third kappa shape index (κ3) is 3.63. The van der Waals surface area contributed by atoms with Crippen LogP contribution in [0.15, 0.2) is 12.5 Å². The van der Waals surface area contributed by atoms with Crippen LogP contribution in [0, 0.1) is 5.92 Å². The molecule has 0 aromatic carbocycles. The molecule has 1 rings (SSSR count). The molecule has 2 unspecified atom stereocenters. The van der Waals surface area contributed by atoms with Crippen LogP contribution in [0.2, 0.25) is 0 Å². The average Bonchev–Trinajstić information content (AvgIpc) is 2.70. The Hall–Kier alpha value is -0.830. The Morgan fingerprint density at radius 1 is 1.44 bits per heavy atom. The number of hydrogen-bond donors (Lipinski definition) is 1. The van der Waals surface area contributed by atoms with Crippen LogP contribution in [0.1, 0.15) is 51.8 Å². The summed E-state index contributed by atoms with van der Waals surface area (Å²) in [6.07, 6.45) is 7.47. The van der Waals surface area contributed by atoms with Crippen molar-refractivity contribution in [3.8, 4) is 0 Å². The van der Waals surface area contributed by atoms with Crippen LogP contribution in [0.25, 0.3) is 0 Å². The van der Waals surface area contributed by atoms with Gasteiger partial charge in [0.1, 0.15) is 0 Å². The lowest BCUT2D eigenvalue weighted by Crippen LogP contribution is -2.25. The van der Waals surface area contributed by atoms with Crippen LogP contribution >= 0.6 is 0 Å². The van der Waals surface area contributed by atoms with Crippen LogP contribution in [-0.4, -0.2) is 16.1 Å². The van der Waals surface area contributed by atoms with Gasteiger partial charge in [0.25, 0.3) is 0 Å². The van der Waals surface area contributed by atoms with E-state index in [2.05, 4.69) is 42.7 Å². The Kier molecular flexibility index (Phi) is 5.53. The maximum Gasteiger partial charge on any atom is 0.0946 e. The summed E-state index contributed by atoms with van der Waals surface area (Å²) in [6, 6.07) is 0.447. The first-order chi connectivity index (χ1) is 7.69. The highest BCUT2D eigenvalue weighted by Gasteiger charge is 2.16. The van der Waals surface area contributed by atoms with Gasteiger partial charge in [-0.25, -0.2) is 4.98 Å². The van der Waals surface area contributed by atoms with Gasteiger partial charge in [-0.05, 0) is 25.3 Å². The van der Waals surface area contributed by atoms with E-state index in [-0.39, 0.29) is 0 Å². The maximum atomic E-state index is 4.21. The molecule has 0 saturated carbocycles. The van der Waals surface area contributed by atoms with Gasteiger partial charge in [0, 0.05) is 19.3 Å². The fourth-order valence-electron chi connectivity index (χ4n) is 1.90. The molecule has 92 valence electrons. The van der Waals surface area contributed by atoms with Gasteiger partial charge in [-0.3, -0.25) is 0 Å². The van der Waals surface area contributed by atoms with E-state index in [1.54, 1.807) is 0 Å². The summed E-state index contributed by atoms with van der Waals surface area (Å²) in [5.41, 5.74) is 1.30. The number of aromatic nitrogens is 2. The first kappa shape index (κ1) is 13.2. The molecule has 1 N–H and O–H groups in total. The van der Waals surface area contributed by atoms with Gasteiger partial charge in [0.2, 0.25) is 0 Å². The monoisotopic (exact) mass is 223 g/mol. The van der Waals surface area contributed by atoms with E-state index < -0.39 is 0 Å². The fraction of sp³-hybridized carbons (Fsp3) is 0.769. The lowest BCUT2D eigenvalue weighted by Gasteiger charge is -2.22. The van der Waals surface area contributed by atoms with Crippen molar-refractivity contribution in [3.05, 3.63) is 18.2 Å². The van der Waals surface area contributed by atoms with Crippen LogP contribution in [-0.2, 0) is 7.05 Å². The molecule has 1 aromatic heterocycles. The first-order valence-corrected chi connectivity index (χ1v) is 6.38. The Balaban J connectivity index is 2.67. The molecule has 16 heavy (non-hydrogen) atoms. The van der Waals surface area contributed by atoms with E-state index in [0.717, 1.165) is 12.5 Å². The van der Waals surface area contributed by atoms with E-state index in [1.807, 2.05) is 12.5 Å². The molecule has 0 aliphatic carbocycles. The molecule has 1 aromatic rings. The molecular weight excluding hydrogens is 198 g/mol. The standard InChI is InChI=1S/C13H25N3/c1-5-7-15-12(8-11(3)6-2)13-9-14-10-16(13)4/h9-12,15H,5-8H2,1-4H3. The Morgan fingerprint density at radius 2 is 2.19 bits per heavy atom. The Morgan fingerprint density at radius 3 is 2.69 bits per heavy atom. The summed E-state index contributed by atoms with van der Waals surface area (Å²) in [6.45, 7) is 7.85. The summed E-state index contributed by atoms with van der Waals surface area (Å²) in [5.74, 6) is 0.754. The molecule has 1 heterocycles. The smallest absolute Gasteiger partial charge is 0.0946 e. The van der Waals surface area contributed by atoms with Crippen molar-refractivity contribution >= 4 is 0 Å². The van der Waals surface area contributed by atoms with E-state index in [1.165, 1.54) is 25.0 Å². The summed E-state index contributed by atoms with van der Waals surface area (Å²) in [5, 5.41) is 3.62. The second-order valence-corrected chi connectivity index (χ2v) is 4.69. The van der Waals surface area contributed by atoms with Gasteiger partial charge in [0.15, 0.2) is 0 Å². The summed E-state index contributed by atoms with van der Waals surface area (Å²) in [7, 11) is 2.07. The van der Waals surface area contributed by atoms with Crippen LogP contribution in [0.4, 0.5) is 0 Å². The van der Waals surface area contributed by atoms with Crippen molar-refractivity contribution in [2.24, 2.45) is 13.0 Å². The van der Waals surface area contributed by atoms with Crippen molar-refractivity contribution in [2.75, 3.05) is 6.54 Å². The zero-order chi connectivity index (χ0) is 12.0. The van der Waals surface area contributed by atoms with Gasteiger partial charge in [0.05, 0.1) is 12.0 Å². The number of imidazole rings is 1. The highest BCUT2D eigenvalue weighted by atomic mass is 15.1. The summed E-state index contributed by atoms with van der Waals surface area (Å²) < 4.78 is 2.12. The predicted molar refractivity (Wildman–Crippen MR) is 68.3 cm³/mol. The van der Waals surface area contributed by atoms with Crippen LogP contribution < -0.4 is 5.32 Å². The average molecular weight is 223 g/mol. The van der Waals surface area contributed by atoms with Gasteiger partial charge in [-0.15, -0.1) is 0 Å². The van der Waals surface area contributed by atoms with Gasteiger partial charge < -0.3 is 9.88 Å². The molecule has 2 atom stereocenters. The minimum Gasteiger partial charge on any atom is -0.336 e. The second-order valence-electron chi connectivity index (χ2n) is 4.69. The largest absolute Gasteiger partial charge is 0.336 e. The maximum absolute atomic E-state index is 4.21. The van der Waals surface area contributed by atoms with Gasteiger partial charge in [-0.1, -0.05) is 27.2 Å². The number of rotatable bonds is 7. The molecule has 0 spiro atoms. The Bertz CT molecular complexity index is 293. The van der Waals surface area contributed by atoms with E-state index in [9.17, 15) is 0 Å². The molecule has 0 radical (unpaired) electrons. The second kappa shape index (κ2) is 6.69. The van der Waals surface area contributed by atoms with Crippen molar-refractivity contribution in [1.82, 2.24) is 14.9 Å². The number of aryl methyl sites for hydroxylation is 1. The van der Waals surface area contributed by atoms with E-state index >= 15 is 0 Å². The zero-order valence-electron chi connectivity index (χ0n) is 11.0. The Labute approximate surface area is 99.3 Å². The predicted octanol–water partition coefficient (Wildman–Crippen LogP) is 2.90. The van der Waals surface area contributed by atoms with Crippen LogP contribution in [0.5, 0.6) is 0 Å². The molecule has 0 fully saturated rings. The van der Waals surface area contributed by atoms with E-state index in [4.69, 9.17) is 0 Å². The lowest BCUT2D eigenvalue weighted by atomic mass is 9.97. The molecule has 0 bridgehead atoms. The number of nitrogens with one attached hydrogen (secondary N) is 1. The van der Waals surface area contributed by atoms with Crippen LogP contribution in [0.3, 0.4) is 0 Å². The van der Waals surface area contributed by atoms with Gasteiger partial charge in [-0.2, -0.15) is 0 Å². The highest BCUT2D eigenvalue weighted by molar-refractivity contribution is 5.05. The molecule has 3 nitrogen and oxygen atoms in total. The molecule has 0 aliphatic rings. The van der Waals surface area contributed by atoms with E-state index in [0.29, 0.717) is 6.04 Å². The number of nitrogens with zero attached hydrogens (tertiary/aromatic N) is 2.